The summed E-state index contributed by atoms with van der Waals surface area (Å²) in [7, 11) is 4.71. The lowest BCUT2D eigenvalue weighted by atomic mass is 9.81. The fraction of sp³-hybridized carbons (Fsp3) is 0.654. The van der Waals surface area contributed by atoms with Gasteiger partial charge < -0.3 is 47.9 Å². The number of methoxy groups -OCH3 is 2. The van der Waals surface area contributed by atoms with Gasteiger partial charge in [0.25, 0.3) is 5.91 Å². The van der Waals surface area contributed by atoms with E-state index in [9.17, 15) is 4.79 Å². The molecule has 11 nitrogen and oxygen atoms in total. The van der Waals surface area contributed by atoms with Gasteiger partial charge in [-0.2, -0.15) is 0 Å². The highest BCUT2D eigenvalue weighted by Crippen LogP contribution is 2.42. The molecular formula is C26H39NO10. The molecule has 3 rings (SSSR count). The second-order valence-electron chi connectivity index (χ2n) is 8.60. The van der Waals surface area contributed by atoms with E-state index in [1.54, 1.807) is 7.05 Å². The first-order valence-electron chi connectivity index (χ1n) is 12.5. The van der Waals surface area contributed by atoms with Gasteiger partial charge in [-0.15, -0.1) is 0 Å². The van der Waals surface area contributed by atoms with Crippen molar-refractivity contribution in [1.29, 1.82) is 0 Å². The number of allylic oxidation sites excluding steroid dienone is 1. The predicted octanol–water partition coefficient (Wildman–Crippen LogP) is 1.88. The Balaban J connectivity index is 1.82. The van der Waals surface area contributed by atoms with Crippen molar-refractivity contribution in [2.24, 2.45) is 5.92 Å². The third-order valence-corrected chi connectivity index (χ3v) is 6.21. The third-order valence-electron chi connectivity index (χ3n) is 6.21. The lowest BCUT2D eigenvalue weighted by Crippen LogP contribution is -2.42. The SMILES string of the molecule is CCO[C@H]1OC(C(=O)N(C)CC(OC)OC)=C[C@@H](c2ccc3c(c2)OCO3)[C@@H]1CCOCCOCCO. The molecule has 0 radical (unpaired) electrons. The minimum atomic E-state index is -0.660. The van der Waals surface area contributed by atoms with Crippen LogP contribution in [-0.4, -0.2) is 103 Å². The largest absolute Gasteiger partial charge is 0.459 e. The minimum Gasteiger partial charge on any atom is -0.459 e. The Morgan fingerprint density at radius 2 is 1.84 bits per heavy atom. The van der Waals surface area contributed by atoms with Crippen molar-refractivity contribution in [3.05, 3.63) is 35.6 Å². The summed E-state index contributed by atoms with van der Waals surface area (Å²) in [6.45, 7) is 4.22. The number of hydrogen-bond donors (Lipinski definition) is 1. The summed E-state index contributed by atoms with van der Waals surface area (Å²) in [4.78, 5) is 14.8. The van der Waals surface area contributed by atoms with Crippen LogP contribution >= 0.6 is 0 Å². The number of nitrogens with zero attached hydrogens (tertiary/aromatic N) is 1. The van der Waals surface area contributed by atoms with Crippen LogP contribution in [0.1, 0.15) is 24.8 Å². The van der Waals surface area contributed by atoms with Crippen molar-refractivity contribution in [1.82, 2.24) is 4.90 Å². The van der Waals surface area contributed by atoms with Crippen LogP contribution in [0.5, 0.6) is 11.5 Å². The van der Waals surface area contributed by atoms with Crippen LogP contribution in [-0.2, 0) is 33.2 Å². The summed E-state index contributed by atoms with van der Waals surface area (Å²) in [6, 6.07) is 5.78. The topological polar surface area (TPSA) is 114 Å². The first-order chi connectivity index (χ1) is 18.0. The van der Waals surface area contributed by atoms with E-state index in [4.69, 9.17) is 43.0 Å². The maximum atomic E-state index is 13.3. The second kappa shape index (κ2) is 15.1. The van der Waals surface area contributed by atoms with Crippen molar-refractivity contribution < 1.29 is 47.8 Å². The molecule has 0 saturated carbocycles. The molecule has 0 aromatic heterocycles. The lowest BCUT2D eigenvalue weighted by Gasteiger charge is -2.38. The normalized spacial score (nSPS) is 20.6. The number of hydrogen-bond acceptors (Lipinski definition) is 10. The second-order valence-corrected chi connectivity index (χ2v) is 8.60. The molecule has 0 fully saturated rings. The Labute approximate surface area is 218 Å². The van der Waals surface area contributed by atoms with Crippen LogP contribution in [0.25, 0.3) is 0 Å². The van der Waals surface area contributed by atoms with Gasteiger partial charge in [-0.25, -0.2) is 0 Å². The molecule has 1 aromatic rings. The van der Waals surface area contributed by atoms with Gasteiger partial charge in [0, 0.05) is 46.3 Å². The maximum absolute atomic E-state index is 13.3. The highest BCUT2D eigenvalue weighted by atomic mass is 16.7. The molecule has 0 spiro atoms. The number of fused-ring (bicyclic) bond motifs is 1. The van der Waals surface area contributed by atoms with Gasteiger partial charge >= 0.3 is 0 Å². The molecule has 0 aliphatic carbocycles. The molecule has 2 heterocycles. The van der Waals surface area contributed by atoms with E-state index in [1.165, 1.54) is 19.1 Å². The van der Waals surface area contributed by atoms with Crippen LogP contribution in [0.4, 0.5) is 0 Å². The predicted molar refractivity (Wildman–Crippen MR) is 132 cm³/mol. The van der Waals surface area contributed by atoms with Crippen LogP contribution < -0.4 is 9.47 Å². The first kappa shape index (κ1) is 29.2. The van der Waals surface area contributed by atoms with E-state index in [1.807, 2.05) is 31.2 Å². The molecule has 1 amide bonds. The highest BCUT2D eigenvalue weighted by Gasteiger charge is 2.39. The van der Waals surface area contributed by atoms with Crippen molar-refractivity contribution in [3.8, 4) is 11.5 Å². The number of aliphatic hydroxyl groups is 1. The summed E-state index contributed by atoms with van der Waals surface area (Å²) in [5.41, 5.74) is 0.952. The smallest absolute Gasteiger partial charge is 0.288 e. The maximum Gasteiger partial charge on any atom is 0.288 e. The number of benzene rings is 1. The number of rotatable bonds is 16. The number of amides is 1. The molecular weight excluding hydrogens is 486 g/mol. The summed E-state index contributed by atoms with van der Waals surface area (Å²) in [6.07, 6.45) is 1.24. The Bertz CT molecular complexity index is 875. The third kappa shape index (κ3) is 8.03. The van der Waals surface area contributed by atoms with Gasteiger partial charge in [0.2, 0.25) is 13.1 Å². The van der Waals surface area contributed by atoms with Crippen LogP contribution in [0.15, 0.2) is 30.0 Å². The van der Waals surface area contributed by atoms with Gasteiger partial charge in [-0.3, -0.25) is 4.79 Å². The zero-order valence-corrected chi connectivity index (χ0v) is 22.1. The van der Waals surface area contributed by atoms with Crippen LogP contribution in [0.3, 0.4) is 0 Å². The first-order valence-corrected chi connectivity index (χ1v) is 12.5. The number of carbonyl (C=O) groups excluding carboxylic acids is 1. The molecule has 37 heavy (non-hydrogen) atoms. The molecule has 1 aromatic carbocycles. The standard InChI is InChI=1S/C26H39NO10/c1-5-34-26-19(8-10-32-12-13-33-11-9-28)20(18-6-7-21-22(14-18)36-17-35-21)15-23(37-26)25(29)27(2)16-24(30-3)31-4/h6-7,14-15,19-20,24,26,28H,5,8-13,16-17H2,1-4H3/t19-,20-,26-/m0/s1. The quantitative estimate of drug-likeness (QED) is 0.253. The van der Waals surface area contributed by atoms with Gasteiger partial charge in [-0.1, -0.05) is 6.07 Å². The van der Waals surface area contributed by atoms with Gasteiger partial charge in [0.15, 0.2) is 23.5 Å². The summed E-state index contributed by atoms with van der Waals surface area (Å²) >= 11 is 0. The molecule has 3 atom stereocenters. The number of likely N-dealkylation sites (N-methyl/N-ethyl adjacent to an activating group) is 1. The van der Waals surface area contributed by atoms with E-state index in [0.717, 1.165) is 5.56 Å². The summed E-state index contributed by atoms with van der Waals surface area (Å²) in [5.74, 6) is 0.905. The number of carbonyl (C=O) groups is 1. The van der Waals surface area contributed by atoms with Crippen molar-refractivity contribution in [2.45, 2.75) is 31.8 Å². The summed E-state index contributed by atoms with van der Waals surface area (Å²) < 4.78 is 44.7. The van der Waals surface area contributed by atoms with Crippen LogP contribution in [0, 0.1) is 5.92 Å². The van der Waals surface area contributed by atoms with E-state index in [0.29, 0.717) is 44.3 Å². The molecule has 1 N–H and O–H groups in total. The molecule has 2 aliphatic rings. The number of ether oxygens (including phenoxy) is 8. The fourth-order valence-electron chi connectivity index (χ4n) is 4.28. The van der Waals surface area contributed by atoms with Gasteiger partial charge in [-0.05, 0) is 37.1 Å². The average molecular weight is 526 g/mol. The molecule has 2 aliphatic heterocycles. The highest BCUT2D eigenvalue weighted by molar-refractivity contribution is 5.91. The van der Waals surface area contributed by atoms with E-state index < -0.39 is 12.6 Å². The molecule has 0 unspecified atom stereocenters. The molecule has 208 valence electrons. The average Bonchev–Trinajstić information content (AvgIpc) is 3.39. The molecule has 11 heteroatoms. The van der Waals surface area contributed by atoms with E-state index in [-0.39, 0.29) is 50.1 Å². The Kier molecular flexibility index (Phi) is 11.9. The Morgan fingerprint density at radius 3 is 2.54 bits per heavy atom. The Morgan fingerprint density at radius 1 is 1.11 bits per heavy atom. The van der Waals surface area contributed by atoms with Crippen molar-refractivity contribution in [2.75, 3.05) is 74.2 Å². The van der Waals surface area contributed by atoms with Crippen molar-refractivity contribution >= 4 is 5.91 Å². The molecule has 0 bridgehead atoms. The monoisotopic (exact) mass is 525 g/mol. The summed E-state index contributed by atoms with van der Waals surface area (Å²) in [5, 5.41) is 8.82. The van der Waals surface area contributed by atoms with Gasteiger partial charge in [0.05, 0.1) is 33.0 Å². The van der Waals surface area contributed by atoms with E-state index in [2.05, 4.69) is 0 Å². The fourth-order valence-corrected chi connectivity index (χ4v) is 4.28. The van der Waals surface area contributed by atoms with Crippen LogP contribution in [0.2, 0.25) is 0 Å². The molecule has 0 saturated heterocycles. The minimum absolute atomic E-state index is 0.0210. The van der Waals surface area contributed by atoms with Gasteiger partial charge in [0.1, 0.15) is 0 Å². The zero-order valence-electron chi connectivity index (χ0n) is 22.1. The zero-order chi connectivity index (χ0) is 26.6. The van der Waals surface area contributed by atoms with Crippen molar-refractivity contribution in [3.63, 3.8) is 0 Å². The number of aliphatic hydroxyl groups excluding tert-OH is 1. The van der Waals surface area contributed by atoms with E-state index >= 15 is 0 Å². The Hall–Kier alpha value is -2.41. The lowest BCUT2D eigenvalue weighted by molar-refractivity contribution is -0.174.